The molecule has 0 saturated heterocycles. The second kappa shape index (κ2) is 15.7. The zero-order valence-corrected chi connectivity index (χ0v) is 37.5. The number of nitrogens with zero attached hydrogens (tertiary/aromatic N) is 7. The number of thiophene rings is 1. The van der Waals surface area contributed by atoms with Gasteiger partial charge in [0.05, 0.1) is 16.7 Å². The number of furan rings is 1. The van der Waals surface area contributed by atoms with Crippen LogP contribution in [0.15, 0.2) is 217 Å². The number of para-hydroxylation sites is 3. The highest BCUT2D eigenvalue weighted by atomic mass is 32.1. The van der Waals surface area contributed by atoms with E-state index in [1.165, 1.54) is 15.5 Å². The minimum atomic E-state index is 0.506. The summed E-state index contributed by atoms with van der Waals surface area (Å²) in [6, 6.07) is 72.8. The van der Waals surface area contributed by atoms with Crippen LogP contribution in [0.5, 0.6) is 0 Å². The van der Waals surface area contributed by atoms with E-state index in [1.54, 1.807) is 11.3 Å². The second-order valence-corrected chi connectivity index (χ2v) is 18.1. The summed E-state index contributed by atoms with van der Waals surface area (Å²) in [6.45, 7) is 0. The Morgan fingerprint density at radius 1 is 0.319 bits per heavy atom. The first kappa shape index (κ1) is 39.0. The van der Waals surface area contributed by atoms with Gasteiger partial charge in [0.15, 0.2) is 34.9 Å². The van der Waals surface area contributed by atoms with Crippen LogP contribution in [0.3, 0.4) is 0 Å². The third kappa shape index (κ3) is 6.51. The molecular weight excluding hydrogens is 867 g/mol. The molecule has 0 aliphatic rings. The molecule has 322 valence electrons. The number of aromatic nitrogens is 7. The van der Waals surface area contributed by atoms with Gasteiger partial charge in [-0.15, -0.1) is 11.3 Å². The van der Waals surface area contributed by atoms with Gasteiger partial charge in [-0.2, -0.15) is 0 Å². The van der Waals surface area contributed by atoms with E-state index in [9.17, 15) is 0 Å². The largest absolute Gasteiger partial charge is 0.456 e. The molecule has 14 aromatic rings. The molecule has 0 atom stereocenters. The highest BCUT2D eigenvalue weighted by Gasteiger charge is 2.23. The van der Waals surface area contributed by atoms with Crippen LogP contribution in [0.2, 0.25) is 0 Å². The van der Waals surface area contributed by atoms with Crippen molar-refractivity contribution in [2.75, 3.05) is 0 Å². The minimum absolute atomic E-state index is 0.506. The molecule has 8 nitrogen and oxygen atoms in total. The Balaban J connectivity index is 1.04. The van der Waals surface area contributed by atoms with Gasteiger partial charge in [0.1, 0.15) is 11.2 Å². The lowest BCUT2D eigenvalue weighted by Gasteiger charge is -2.16. The van der Waals surface area contributed by atoms with Gasteiger partial charge in [-0.3, -0.25) is 0 Å². The third-order valence-electron chi connectivity index (χ3n) is 12.9. The number of hydrogen-bond donors (Lipinski definition) is 0. The number of rotatable bonds is 7. The fourth-order valence-corrected chi connectivity index (χ4v) is 10.9. The van der Waals surface area contributed by atoms with Gasteiger partial charge < -0.3 is 8.98 Å². The summed E-state index contributed by atoms with van der Waals surface area (Å²) in [6.07, 6.45) is 0. The molecule has 14 rings (SSSR count). The van der Waals surface area contributed by atoms with Gasteiger partial charge >= 0.3 is 0 Å². The molecule has 0 saturated carbocycles. The lowest BCUT2D eigenvalue weighted by Crippen LogP contribution is -2.05. The summed E-state index contributed by atoms with van der Waals surface area (Å²) in [5.41, 5.74) is 9.71. The molecule has 0 spiro atoms. The van der Waals surface area contributed by atoms with E-state index in [-0.39, 0.29) is 0 Å². The van der Waals surface area contributed by atoms with E-state index >= 15 is 0 Å². The standard InChI is InChI=1S/C60H35N7OS/c1-3-16-36(17-4-1)55-61-57(63-58(62-55)39-30-32-43-42-22-9-13-28-51(42)68-52(43)35-39)38-31-33-50(67-48-26-11-7-20-40(48)41-21-8-12-27-49(41)67)47(34-38)60-65-56(37-18-5-2-6-19-37)64-59(66-60)46-25-15-24-45-44-23-10-14-29-53(44)69-54(45)46/h1-35H. The Morgan fingerprint density at radius 2 is 0.812 bits per heavy atom. The molecule has 0 radical (unpaired) electrons. The topological polar surface area (TPSA) is 95.4 Å². The van der Waals surface area contributed by atoms with E-state index < -0.39 is 0 Å². The van der Waals surface area contributed by atoms with E-state index in [2.05, 4.69) is 132 Å². The van der Waals surface area contributed by atoms with Crippen LogP contribution in [0, 0.1) is 0 Å². The predicted molar refractivity (Wildman–Crippen MR) is 280 cm³/mol. The lowest BCUT2D eigenvalue weighted by atomic mass is 10.0. The normalized spacial score (nSPS) is 11.8. The maximum absolute atomic E-state index is 6.35. The fraction of sp³-hybridized carbons (Fsp3) is 0. The van der Waals surface area contributed by atoms with Gasteiger partial charge in [-0.1, -0.05) is 152 Å². The highest BCUT2D eigenvalue weighted by Crippen LogP contribution is 2.42. The van der Waals surface area contributed by atoms with Crippen LogP contribution >= 0.6 is 11.3 Å². The molecule has 9 aromatic carbocycles. The lowest BCUT2D eigenvalue weighted by molar-refractivity contribution is 0.669. The van der Waals surface area contributed by atoms with Crippen molar-refractivity contribution in [3.63, 3.8) is 0 Å². The SMILES string of the molecule is c1ccc(-c2nc(-c3ccc(-n4c5ccccc5c5ccccc54)c(-c4nc(-c5ccccc5)nc(-c5cccc6c5sc5ccccc56)n4)c3)nc(-c3ccc4c(c3)oc3ccccc34)n2)cc1. The van der Waals surface area contributed by atoms with E-state index in [0.717, 1.165) is 87.5 Å². The van der Waals surface area contributed by atoms with Crippen molar-refractivity contribution in [3.8, 4) is 74.0 Å². The summed E-state index contributed by atoms with van der Waals surface area (Å²) in [5.74, 6) is 3.26. The molecule has 0 aliphatic carbocycles. The van der Waals surface area contributed by atoms with Crippen molar-refractivity contribution in [1.29, 1.82) is 0 Å². The van der Waals surface area contributed by atoms with E-state index in [1.807, 2.05) is 84.9 Å². The van der Waals surface area contributed by atoms with Crippen LogP contribution in [0.1, 0.15) is 0 Å². The molecule has 9 heteroatoms. The Morgan fingerprint density at radius 3 is 1.51 bits per heavy atom. The Hall–Kier alpha value is -9.18. The molecule has 5 heterocycles. The average molecular weight is 902 g/mol. The van der Waals surface area contributed by atoms with Crippen molar-refractivity contribution < 1.29 is 4.42 Å². The molecule has 0 fully saturated rings. The summed E-state index contributed by atoms with van der Waals surface area (Å²) in [5, 5.41) is 6.78. The monoisotopic (exact) mass is 901 g/mol. The molecule has 5 aromatic heterocycles. The molecule has 0 amide bonds. The van der Waals surface area contributed by atoms with E-state index in [0.29, 0.717) is 34.9 Å². The summed E-state index contributed by atoms with van der Waals surface area (Å²) in [7, 11) is 0. The molecular formula is C60H35N7OS. The summed E-state index contributed by atoms with van der Waals surface area (Å²) < 4.78 is 11.0. The number of benzene rings is 9. The van der Waals surface area contributed by atoms with Crippen molar-refractivity contribution in [3.05, 3.63) is 212 Å². The maximum atomic E-state index is 6.35. The highest BCUT2D eigenvalue weighted by molar-refractivity contribution is 7.26. The van der Waals surface area contributed by atoms with Gasteiger partial charge in [-0.25, -0.2) is 29.9 Å². The summed E-state index contributed by atoms with van der Waals surface area (Å²) in [4.78, 5) is 31.6. The first-order valence-corrected chi connectivity index (χ1v) is 23.6. The van der Waals surface area contributed by atoms with Crippen LogP contribution in [0.4, 0.5) is 0 Å². The molecule has 0 N–H and O–H groups in total. The van der Waals surface area contributed by atoms with Crippen molar-refractivity contribution >= 4 is 75.3 Å². The van der Waals surface area contributed by atoms with Gasteiger partial charge in [0.2, 0.25) is 0 Å². The zero-order valence-electron chi connectivity index (χ0n) is 36.7. The molecule has 69 heavy (non-hydrogen) atoms. The van der Waals surface area contributed by atoms with Crippen molar-refractivity contribution in [2.24, 2.45) is 0 Å². The van der Waals surface area contributed by atoms with Crippen LogP contribution in [0.25, 0.3) is 138 Å². The first-order chi connectivity index (χ1) is 34.2. The Bertz CT molecular complexity index is 4280. The van der Waals surface area contributed by atoms with Crippen molar-refractivity contribution in [2.45, 2.75) is 0 Å². The smallest absolute Gasteiger partial charge is 0.166 e. The van der Waals surface area contributed by atoms with Crippen molar-refractivity contribution in [1.82, 2.24) is 34.5 Å². The molecule has 0 unspecified atom stereocenters. The number of hydrogen-bond acceptors (Lipinski definition) is 8. The van der Waals surface area contributed by atoms with E-state index in [4.69, 9.17) is 34.3 Å². The zero-order chi connectivity index (χ0) is 45.4. The van der Waals surface area contributed by atoms with Gasteiger partial charge in [-0.05, 0) is 60.7 Å². The Kier molecular flexibility index (Phi) is 8.90. The average Bonchev–Trinajstić information content (AvgIpc) is 4.10. The molecule has 0 bridgehead atoms. The fourth-order valence-electron chi connectivity index (χ4n) is 9.70. The Labute approximate surface area is 398 Å². The molecule has 0 aliphatic heterocycles. The van der Waals surface area contributed by atoms with Gasteiger partial charge in [0.25, 0.3) is 0 Å². The quantitative estimate of drug-likeness (QED) is 0.157. The summed E-state index contributed by atoms with van der Waals surface area (Å²) >= 11 is 1.76. The van der Waals surface area contributed by atoms with Crippen LogP contribution < -0.4 is 0 Å². The first-order valence-electron chi connectivity index (χ1n) is 22.8. The minimum Gasteiger partial charge on any atom is -0.456 e. The van der Waals surface area contributed by atoms with Crippen LogP contribution in [-0.2, 0) is 0 Å². The third-order valence-corrected chi connectivity index (χ3v) is 14.2. The second-order valence-electron chi connectivity index (χ2n) is 17.0. The predicted octanol–water partition coefficient (Wildman–Crippen LogP) is 15.4. The maximum Gasteiger partial charge on any atom is 0.166 e. The van der Waals surface area contributed by atoms with Crippen LogP contribution in [-0.4, -0.2) is 34.5 Å². The van der Waals surface area contributed by atoms with Gasteiger partial charge in [0, 0.05) is 75.1 Å². The number of fused-ring (bicyclic) bond motifs is 9.